The molecule has 1 aromatic heterocycles. The SMILES string of the molecule is CCOC(=O)/C=C/Cn1cnc(C)cc1=O. The number of nitrogens with zero attached hydrogens (tertiary/aromatic N) is 2. The molecule has 0 atom stereocenters. The van der Waals surface area contributed by atoms with Crippen molar-refractivity contribution in [2.75, 3.05) is 6.61 Å². The monoisotopic (exact) mass is 222 g/mol. The Bertz CT molecular complexity index is 449. The molecule has 0 saturated heterocycles. The van der Waals surface area contributed by atoms with Crippen LogP contribution in [0.5, 0.6) is 0 Å². The molecule has 0 aliphatic heterocycles. The average molecular weight is 222 g/mol. The van der Waals surface area contributed by atoms with Gasteiger partial charge in [0.15, 0.2) is 0 Å². The Labute approximate surface area is 93.4 Å². The third kappa shape index (κ3) is 3.68. The minimum absolute atomic E-state index is 0.138. The fourth-order valence-corrected chi connectivity index (χ4v) is 1.11. The first kappa shape index (κ1) is 12.2. The normalized spacial score (nSPS) is 10.6. The van der Waals surface area contributed by atoms with Crippen LogP contribution in [0.3, 0.4) is 0 Å². The quantitative estimate of drug-likeness (QED) is 0.555. The Morgan fingerprint density at radius 2 is 2.38 bits per heavy atom. The van der Waals surface area contributed by atoms with Crippen LogP contribution in [0.15, 0.2) is 29.3 Å². The molecule has 0 radical (unpaired) electrons. The van der Waals surface area contributed by atoms with E-state index in [2.05, 4.69) is 4.98 Å². The molecule has 16 heavy (non-hydrogen) atoms. The lowest BCUT2D eigenvalue weighted by Gasteiger charge is -2.00. The number of carbonyl (C=O) groups is 1. The van der Waals surface area contributed by atoms with E-state index in [1.165, 1.54) is 23.0 Å². The van der Waals surface area contributed by atoms with E-state index < -0.39 is 5.97 Å². The van der Waals surface area contributed by atoms with Crippen LogP contribution >= 0.6 is 0 Å². The molecule has 0 saturated carbocycles. The Hall–Kier alpha value is -1.91. The van der Waals surface area contributed by atoms with Crippen molar-refractivity contribution in [3.8, 4) is 0 Å². The van der Waals surface area contributed by atoms with Gasteiger partial charge in [0, 0.05) is 24.4 Å². The highest BCUT2D eigenvalue weighted by Gasteiger charge is 1.96. The van der Waals surface area contributed by atoms with Gasteiger partial charge in [0.2, 0.25) is 0 Å². The van der Waals surface area contributed by atoms with E-state index in [9.17, 15) is 9.59 Å². The molecule has 0 aromatic carbocycles. The molecule has 0 amide bonds. The lowest BCUT2D eigenvalue weighted by molar-refractivity contribution is -0.137. The van der Waals surface area contributed by atoms with E-state index in [0.29, 0.717) is 18.8 Å². The third-order valence-electron chi connectivity index (χ3n) is 1.86. The highest BCUT2D eigenvalue weighted by molar-refractivity contribution is 5.81. The summed E-state index contributed by atoms with van der Waals surface area (Å²) in [6.07, 6.45) is 4.32. The smallest absolute Gasteiger partial charge is 0.330 e. The number of carbonyl (C=O) groups excluding carboxylic acids is 1. The molecular weight excluding hydrogens is 208 g/mol. The summed E-state index contributed by atoms with van der Waals surface area (Å²) in [5.74, 6) is -0.407. The molecule has 0 N–H and O–H groups in total. The number of allylic oxidation sites excluding steroid dienone is 1. The second-order valence-corrected chi connectivity index (χ2v) is 3.18. The van der Waals surface area contributed by atoms with Crippen molar-refractivity contribution in [1.82, 2.24) is 9.55 Å². The van der Waals surface area contributed by atoms with Crippen molar-refractivity contribution in [2.45, 2.75) is 20.4 Å². The number of hydrogen-bond acceptors (Lipinski definition) is 4. The zero-order chi connectivity index (χ0) is 12.0. The van der Waals surface area contributed by atoms with Crippen LogP contribution in [-0.2, 0) is 16.1 Å². The topological polar surface area (TPSA) is 61.2 Å². The molecule has 0 fully saturated rings. The maximum atomic E-state index is 11.4. The molecule has 5 nitrogen and oxygen atoms in total. The Balaban J connectivity index is 2.61. The summed E-state index contributed by atoms with van der Waals surface area (Å²) in [7, 11) is 0. The molecule has 86 valence electrons. The Kier molecular flexibility index (Phi) is 4.44. The summed E-state index contributed by atoms with van der Waals surface area (Å²) in [6.45, 7) is 4.14. The molecule has 5 heteroatoms. The minimum Gasteiger partial charge on any atom is -0.463 e. The van der Waals surface area contributed by atoms with Crippen LogP contribution in [0.4, 0.5) is 0 Å². The minimum atomic E-state index is -0.407. The zero-order valence-electron chi connectivity index (χ0n) is 9.34. The van der Waals surface area contributed by atoms with Crippen LogP contribution < -0.4 is 5.56 Å². The summed E-state index contributed by atoms with van der Waals surface area (Å²) < 4.78 is 6.11. The van der Waals surface area contributed by atoms with Gasteiger partial charge in [0.1, 0.15) is 0 Å². The third-order valence-corrected chi connectivity index (χ3v) is 1.86. The largest absolute Gasteiger partial charge is 0.463 e. The Morgan fingerprint density at radius 3 is 3.00 bits per heavy atom. The number of rotatable bonds is 4. The first-order valence-corrected chi connectivity index (χ1v) is 5.00. The average Bonchev–Trinajstić information content (AvgIpc) is 2.22. The number of hydrogen-bond donors (Lipinski definition) is 0. The molecule has 0 unspecified atom stereocenters. The van der Waals surface area contributed by atoms with Crippen LogP contribution in [0.25, 0.3) is 0 Å². The molecule has 1 aromatic rings. The highest BCUT2D eigenvalue weighted by atomic mass is 16.5. The van der Waals surface area contributed by atoms with Gasteiger partial charge < -0.3 is 4.74 Å². The first-order valence-electron chi connectivity index (χ1n) is 5.00. The van der Waals surface area contributed by atoms with Gasteiger partial charge in [-0.15, -0.1) is 0 Å². The van der Waals surface area contributed by atoms with E-state index in [1.54, 1.807) is 19.9 Å². The van der Waals surface area contributed by atoms with E-state index in [-0.39, 0.29) is 5.56 Å². The van der Waals surface area contributed by atoms with Gasteiger partial charge in [0.05, 0.1) is 12.9 Å². The van der Waals surface area contributed by atoms with Crippen LogP contribution in [-0.4, -0.2) is 22.1 Å². The van der Waals surface area contributed by atoms with Gasteiger partial charge in [-0.2, -0.15) is 0 Å². The molecule has 0 bridgehead atoms. The van der Waals surface area contributed by atoms with Crippen LogP contribution in [0.2, 0.25) is 0 Å². The van der Waals surface area contributed by atoms with Gasteiger partial charge >= 0.3 is 5.97 Å². The lowest BCUT2D eigenvalue weighted by Crippen LogP contribution is -2.19. The summed E-state index contributed by atoms with van der Waals surface area (Å²) in [5, 5.41) is 0. The molecule has 0 aliphatic rings. The van der Waals surface area contributed by atoms with E-state index in [4.69, 9.17) is 4.74 Å². The van der Waals surface area contributed by atoms with Crippen LogP contribution in [0, 0.1) is 6.92 Å². The fourth-order valence-electron chi connectivity index (χ4n) is 1.11. The van der Waals surface area contributed by atoms with E-state index in [1.807, 2.05) is 0 Å². The van der Waals surface area contributed by atoms with Gasteiger partial charge in [-0.05, 0) is 13.8 Å². The van der Waals surface area contributed by atoms with Crippen LogP contribution in [0.1, 0.15) is 12.6 Å². The number of esters is 1. The molecular formula is C11H14N2O3. The molecule has 0 spiro atoms. The maximum absolute atomic E-state index is 11.4. The predicted molar refractivity (Wildman–Crippen MR) is 59.0 cm³/mol. The number of aromatic nitrogens is 2. The second-order valence-electron chi connectivity index (χ2n) is 3.18. The molecule has 0 aliphatic carbocycles. The van der Waals surface area contributed by atoms with Gasteiger partial charge in [-0.3, -0.25) is 9.36 Å². The lowest BCUT2D eigenvalue weighted by atomic mass is 10.4. The first-order chi connectivity index (χ1) is 7.63. The zero-order valence-corrected chi connectivity index (χ0v) is 9.34. The molecule has 1 heterocycles. The van der Waals surface area contributed by atoms with Crippen molar-refractivity contribution in [2.24, 2.45) is 0 Å². The van der Waals surface area contributed by atoms with Gasteiger partial charge in [-0.25, -0.2) is 9.78 Å². The van der Waals surface area contributed by atoms with Crippen molar-refractivity contribution in [1.29, 1.82) is 0 Å². The second kappa shape index (κ2) is 5.85. The summed E-state index contributed by atoms with van der Waals surface area (Å²) >= 11 is 0. The predicted octanol–water partition coefficient (Wildman–Crippen LogP) is 0.671. The summed E-state index contributed by atoms with van der Waals surface area (Å²) in [6, 6.07) is 1.44. The van der Waals surface area contributed by atoms with Gasteiger partial charge in [-0.1, -0.05) is 6.08 Å². The molecule has 1 rings (SSSR count). The number of ether oxygens (including phenoxy) is 1. The standard InChI is InChI=1S/C11H14N2O3/c1-3-16-11(15)5-4-6-13-8-12-9(2)7-10(13)14/h4-5,7-8H,3,6H2,1-2H3/b5-4+. The maximum Gasteiger partial charge on any atom is 0.330 e. The van der Waals surface area contributed by atoms with E-state index in [0.717, 1.165) is 0 Å². The van der Waals surface area contributed by atoms with Crippen molar-refractivity contribution in [3.05, 3.63) is 40.6 Å². The summed E-state index contributed by atoms with van der Waals surface area (Å²) in [4.78, 5) is 26.4. The fraction of sp³-hybridized carbons (Fsp3) is 0.364. The Morgan fingerprint density at radius 1 is 1.62 bits per heavy atom. The van der Waals surface area contributed by atoms with Crippen molar-refractivity contribution < 1.29 is 9.53 Å². The van der Waals surface area contributed by atoms with Gasteiger partial charge in [0.25, 0.3) is 5.56 Å². The highest BCUT2D eigenvalue weighted by Crippen LogP contribution is 1.87. The van der Waals surface area contributed by atoms with Crippen molar-refractivity contribution >= 4 is 5.97 Å². The van der Waals surface area contributed by atoms with E-state index >= 15 is 0 Å². The summed E-state index contributed by atoms with van der Waals surface area (Å²) in [5.41, 5.74) is 0.539. The number of aryl methyl sites for hydroxylation is 1. The van der Waals surface area contributed by atoms with Crippen molar-refractivity contribution in [3.63, 3.8) is 0 Å².